The Bertz CT molecular complexity index is 313. The van der Waals surface area contributed by atoms with Crippen LogP contribution >= 0.6 is 0 Å². The maximum Gasteiger partial charge on any atom is 0.321 e. The first-order valence-corrected chi connectivity index (χ1v) is 6.11. The molecule has 1 fully saturated rings. The highest BCUT2D eigenvalue weighted by Gasteiger charge is 2.17. The highest BCUT2D eigenvalue weighted by Crippen LogP contribution is 2.17. The molecular formula is C11H19N3O4. The smallest absolute Gasteiger partial charge is 0.321 e. The molecule has 7 nitrogen and oxygen atoms in total. The summed E-state index contributed by atoms with van der Waals surface area (Å²) in [6.07, 6.45) is 4.07. The second-order valence-electron chi connectivity index (χ2n) is 4.32. The number of amides is 3. The standard InChI is InChI=1S/C11H19N3O4/c15-9(7-12-6-5-10(16)17)14-11(18)13-8-3-1-2-4-8/h8,12H,1-7H2,(H,16,17)(H2,13,14,15,18). The van der Waals surface area contributed by atoms with E-state index in [0.29, 0.717) is 0 Å². The van der Waals surface area contributed by atoms with Crippen molar-refractivity contribution >= 4 is 17.9 Å². The summed E-state index contributed by atoms with van der Waals surface area (Å²) < 4.78 is 0. The number of hydrogen-bond donors (Lipinski definition) is 4. The van der Waals surface area contributed by atoms with E-state index in [-0.39, 0.29) is 25.6 Å². The molecule has 0 saturated heterocycles. The lowest BCUT2D eigenvalue weighted by molar-refractivity contribution is -0.137. The maximum absolute atomic E-state index is 11.4. The van der Waals surface area contributed by atoms with E-state index in [0.717, 1.165) is 25.7 Å². The highest BCUT2D eigenvalue weighted by atomic mass is 16.4. The van der Waals surface area contributed by atoms with Gasteiger partial charge in [-0.25, -0.2) is 4.79 Å². The van der Waals surface area contributed by atoms with E-state index in [1.807, 2.05) is 0 Å². The van der Waals surface area contributed by atoms with Crippen LogP contribution in [-0.2, 0) is 9.59 Å². The Hall–Kier alpha value is -1.63. The number of hydrogen-bond acceptors (Lipinski definition) is 4. The molecule has 0 unspecified atom stereocenters. The fourth-order valence-electron chi connectivity index (χ4n) is 1.86. The van der Waals surface area contributed by atoms with Gasteiger partial charge in [-0.1, -0.05) is 12.8 Å². The van der Waals surface area contributed by atoms with Gasteiger partial charge in [0.05, 0.1) is 13.0 Å². The van der Waals surface area contributed by atoms with Crippen molar-refractivity contribution in [2.75, 3.05) is 13.1 Å². The summed E-state index contributed by atoms with van der Waals surface area (Å²) in [6.45, 7) is 0.137. The molecule has 0 aliphatic heterocycles. The number of carboxylic acids is 1. The molecule has 0 bridgehead atoms. The number of urea groups is 1. The molecule has 0 aromatic carbocycles. The van der Waals surface area contributed by atoms with Gasteiger partial charge in [-0.3, -0.25) is 14.9 Å². The van der Waals surface area contributed by atoms with Gasteiger partial charge in [-0.05, 0) is 12.8 Å². The van der Waals surface area contributed by atoms with Gasteiger partial charge in [-0.15, -0.1) is 0 Å². The van der Waals surface area contributed by atoms with E-state index in [2.05, 4.69) is 16.0 Å². The van der Waals surface area contributed by atoms with Crippen molar-refractivity contribution in [3.8, 4) is 0 Å². The Balaban J connectivity index is 2.07. The lowest BCUT2D eigenvalue weighted by Crippen LogP contribution is -2.46. The number of rotatable bonds is 6. The van der Waals surface area contributed by atoms with E-state index >= 15 is 0 Å². The summed E-state index contributed by atoms with van der Waals surface area (Å²) in [7, 11) is 0. The fraction of sp³-hybridized carbons (Fsp3) is 0.727. The molecule has 0 atom stereocenters. The van der Waals surface area contributed by atoms with Gasteiger partial charge in [0.25, 0.3) is 0 Å². The second kappa shape index (κ2) is 7.65. The van der Waals surface area contributed by atoms with Crippen molar-refractivity contribution in [3.63, 3.8) is 0 Å². The van der Waals surface area contributed by atoms with Gasteiger partial charge in [0.15, 0.2) is 0 Å². The highest BCUT2D eigenvalue weighted by molar-refractivity contribution is 5.95. The van der Waals surface area contributed by atoms with Crippen molar-refractivity contribution in [1.82, 2.24) is 16.0 Å². The van der Waals surface area contributed by atoms with Crippen LogP contribution in [0.3, 0.4) is 0 Å². The minimum Gasteiger partial charge on any atom is -0.481 e. The van der Waals surface area contributed by atoms with Crippen LogP contribution in [0.4, 0.5) is 4.79 Å². The van der Waals surface area contributed by atoms with E-state index in [1.54, 1.807) is 0 Å². The molecule has 0 heterocycles. The summed E-state index contributed by atoms with van der Waals surface area (Å²) in [5.74, 6) is -1.39. The van der Waals surface area contributed by atoms with Gasteiger partial charge >= 0.3 is 12.0 Å². The zero-order valence-electron chi connectivity index (χ0n) is 10.2. The van der Waals surface area contributed by atoms with Crippen molar-refractivity contribution < 1.29 is 19.5 Å². The van der Waals surface area contributed by atoms with Crippen LogP contribution in [-0.4, -0.2) is 42.1 Å². The number of carbonyl (C=O) groups excluding carboxylic acids is 2. The molecule has 0 spiro atoms. The van der Waals surface area contributed by atoms with Crippen LogP contribution in [0.2, 0.25) is 0 Å². The summed E-state index contributed by atoms with van der Waals surface area (Å²) >= 11 is 0. The number of nitrogens with one attached hydrogen (secondary N) is 3. The van der Waals surface area contributed by atoms with E-state index < -0.39 is 17.9 Å². The van der Waals surface area contributed by atoms with Gasteiger partial charge in [-0.2, -0.15) is 0 Å². The molecule has 4 N–H and O–H groups in total. The Kier molecular flexibility index (Phi) is 6.13. The molecule has 0 aromatic rings. The average Bonchev–Trinajstić information content (AvgIpc) is 2.76. The van der Waals surface area contributed by atoms with Crippen LogP contribution in [0.5, 0.6) is 0 Å². The second-order valence-corrected chi connectivity index (χ2v) is 4.32. The Morgan fingerprint density at radius 2 is 1.83 bits per heavy atom. The normalized spacial score (nSPS) is 15.3. The largest absolute Gasteiger partial charge is 0.481 e. The van der Waals surface area contributed by atoms with E-state index in [9.17, 15) is 14.4 Å². The number of carbonyl (C=O) groups is 3. The summed E-state index contributed by atoms with van der Waals surface area (Å²) in [6, 6.07) is -0.315. The first-order valence-electron chi connectivity index (χ1n) is 6.11. The van der Waals surface area contributed by atoms with Gasteiger partial charge < -0.3 is 15.7 Å². The SMILES string of the molecule is O=C(O)CCNCC(=O)NC(=O)NC1CCCC1. The van der Waals surface area contributed by atoms with Gasteiger partial charge in [0.2, 0.25) is 5.91 Å². The van der Waals surface area contributed by atoms with Crippen LogP contribution in [0.25, 0.3) is 0 Å². The molecule has 3 amide bonds. The van der Waals surface area contributed by atoms with Crippen LogP contribution in [0, 0.1) is 0 Å². The van der Waals surface area contributed by atoms with E-state index in [4.69, 9.17) is 5.11 Å². The molecule has 0 aromatic heterocycles. The van der Waals surface area contributed by atoms with Gasteiger partial charge in [0.1, 0.15) is 0 Å². The van der Waals surface area contributed by atoms with Crippen molar-refractivity contribution in [2.45, 2.75) is 38.1 Å². The Morgan fingerprint density at radius 3 is 2.44 bits per heavy atom. The topological polar surface area (TPSA) is 108 Å². The predicted octanol–water partition coefficient (Wildman–Crippen LogP) is -0.181. The van der Waals surface area contributed by atoms with Crippen LogP contribution < -0.4 is 16.0 Å². The van der Waals surface area contributed by atoms with Crippen LogP contribution in [0.15, 0.2) is 0 Å². The number of aliphatic carboxylic acids is 1. The first kappa shape index (κ1) is 14.4. The molecule has 102 valence electrons. The molecule has 1 aliphatic rings. The summed E-state index contributed by atoms with van der Waals surface area (Å²) in [5.41, 5.74) is 0. The van der Waals surface area contributed by atoms with E-state index in [1.165, 1.54) is 0 Å². The summed E-state index contributed by atoms with van der Waals surface area (Å²) in [5, 5.41) is 15.9. The molecule has 18 heavy (non-hydrogen) atoms. The molecule has 1 saturated carbocycles. The third-order valence-electron chi connectivity index (χ3n) is 2.74. The molecule has 0 radical (unpaired) electrons. The average molecular weight is 257 g/mol. The third-order valence-corrected chi connectivity index (χ3v) is 2.74. The Morgan fingerprint density at radius 1 is 1.17 bits per heavy atom. The summed E-state index contributed by atoms with van der Waals surface area (Å²) in [4.78, 5) is 32.9. The quantitative estimate of drug-likeness (QED) is 0.494. The minimum atomic E-state index is -0.929. The molecule has 7 heteroatoms. The monoisotopic (exact) mass is 257 g/mol. The first-order chi connectivity index (χ1) is 8.58. The lowest BCUT2D eigenvalue weighted by Gasteiger charge is -2.12. The molecular weight excluding hydrogens is 238 g/mol. The maximum atomic E-state index is 11.4. The predicted molar refractivity (Wildman–Crippen MR) is 64.1 cm³/mol. The lowest BCUT2D eigenvalue weighted by atomic mass is 10.2. The van der Waals surface area contributed by atoms with Gasteiger partial charge in [0, 0.05) is 12.6 Å². The molecule has 1 rings (SSSR count). The molecule has 1 aliphatic carbocycles. The zero-order chi connectivity index (χ0) is 13.4. The van der Waals surface area contributed by atoms with Crippen molar-refractivity contribution in [3.05, 3.63) is 0 Å². The Labute approximate surface area is 105 Å². The minimum absolute atomic E-state index is 0.0540. The van der Waals surface area contributed by atoms with Crippen molar-refractivity contribution in [2.24, 2.45) is 0 Å². The zero-order valence-corrected chi connectivity index (χ0v) is 10.2. The van der Waals surface area contributed by atoms with Crippen LogP contribution in [0.1, 0.15) is 32.1 Å². The fourth-order valence-corrected chi connectivity index (χ4v) is 1.86. The van der Waals surface area contributed by atoms with Crippen molar-refractivity contribution in [1.29, 1.82) is 0 Å². The number of imide groups is 1. The third kappa shape index (κ3) is 6.19. The number of carboxylic acid groups (broad SMARTS) is 1.